The fourth-order valence-electron chi connectivity index (χ4n) is 2.27. The van der Waals surface area contributed by atoms with Gasteiger partial charge in [0.1, 0.15) is 5.75 Å². The summed E-state index contributed by atoms with van der Waals surface area (Å²) in [7, 11) is 1.94. The van der Waals surface area contributed by atoms with Crippen LogP contribution in [0.4, 0.5) is 0 Å². The predicted octanol–water partition coefficient (Wildman–Crippen LogP) is 4.44. The molecule has 1 atom stereocenters. The Morgan fingerprint density at radius 1 is 1.05 bits per heavy atom. The minimum Gasteiger partial charge on any atom is -0.491 e. The molecule has 0 aliphatic carbocycles. The molecule has 3 heteroatoms. The third-order valence-electron chi connectivity index (χ3n) is 3.06. The van der Waals surface area contributed by atoms with Crippen LogP contribution in [0.25, 0.3) is 0 Å². The van der Waals surface area contributed by atoms with Gasteiger partial charge in [0, 0.05) is 10.6 Å². The van der Waals surface area contributed by atoms with Crippen LogP contribution < -0.4 is 10.1 Å². The average molecular weight is 290 g/mol. The highest BCUT2D eigenvalue weighted by atomic mass is 35.5. The molecule has 0 aliphatic heterocycles. The lowest BCUT2D eigenvalue weighted by Crippen LogP contribution is -2.19. The first-order chi connectivity index (χ1) is 9.61. The first-order valence-corrected chi connectivity index (χ1v) is 7.18. The lowest BCUT2D eigenvalue weighted by Gasteiger charge is -2.22. The van der Waals surface area contributed by atoms with Gasteiger partial charge in [0.05, 0.1) is 12.1 Å². The molecule has 2 rings (SSSR count). The van der Waals surface area contributed by atoms with Gasteiger partial charge in [0.25, 0.3) is 0 Å². The van der Waals surface area contributed by atoms with Crippen LogP contribution in [0.3, 0.4) is 0 Å². The molecular formula is C17H20ClNO. The zero-order valence-electron chi connectivity index (χ0n) is 12.1. The molecule has 2 nitrogen and oxygen atoms in total. The summed E-state index contributed by atoms with van der Waals surface area (Å²) in [5.74, 6) is 0.904. The standard InChI is InChI=1S/C17H20ClNO/c1-12(2)20-16-10-5-4-9-15(16)17(19-3)13-7-6-8-14(18)11-13/h4-12,17,19H,1-3H3. The van der Waals surface area contributed by atoms with Crippen molar-refractivity contribution in [3.63, 3.8) is 0 Å². The highest BCUT2D eigenvalue weighted by Gasteiger charge is 2.17. The Hall–Kier alpha value is -1.51. The van der Waals surface area contributed by atoms with Crippen LogP contribution in [0, 0.1) is 0 Å². The molecule has 106 valence electrons. The normalized spacial score (nSPS) is 12.4. The maximum atomic E-state index is 6.10. The third kappa shape index (κ3) is 3.53. The number of ether oxygens (including phenoxy) is 1. The van der Waals surface area contributed by atoms with E-state index in [-0.39, 0.29) is 12.1 Å². The van der Waals surface area contributed by atoms with Gasteiger partial charge in [-0.05, 0) is 44.7 Å². The van der Waals surface area contributed by atoms with Gasteiger partial charge in [-0.25, -0.2) is 0 Å². The number of hydrogen-bond donors (Lipinski definition) is 1. The molecule has 0 radical (unpaired) electrons. The van der Waals surface area contributed by atoms with Crippen LogP contribution in [-0.4, -0.2) is 13.2 Å². The third-order valence-corrected chi connectivity index (χ3v) is 3.30. The van der Waals surface area contributed by atoms with Crippen molar-refractivity contribution in [1.29, 1.82) is 0 Å². The predicted molar refractivity (Wildman–Crippen MR) is 84.6 cm³/mol. The van der Waals surface area contributed by atoms with E-state index in [1.54, 1.807) is 0 Å². The molecule has 0 aliphatic rings. The second-order valence-corrected chi connectivity index (χ2v) is 5.42. The molecule has 0 saturated heterocycles. The van der Waals surface area contributed by atoms with E-state index in [0.717, 1.165) is 21.9 Å². The van der Waals surface area contributed by atoms with Gasteiger partial charge < -0.3 is 10.1 Å². The van der Waals surface area contributed by atoms with Gasteiger partial charge in [-0.1, -0.05) is 41.9 Å². The van der Waals surface area contributed by atoms with Gasteiger partial charge in [-0.2, -0.15) is 0 Å². The zero-order valence-corrected chi connectivity index (χ0v) is 12.8. The number of hydrogen-bond acceptors (Lipinski definition) is 2. The molecule has 20 heavy (non-hydrogen) atoms. The van der Waals surface area contributed by atoms with E-state index in [1.165, 1.54) is 0 Å². The summed E-state index contributed by atoms with van der Waals surface area (Å²) >= 11 is 6.10. The highest BCUT2D eigenvalue weighted by Crippen LogP contribution is 2.31. The van der Waals surface area contributed by atoms with Crippen molar-refractivity contribution in [2.45, 2.75) is 26.0 Å². The van der Waals surface area contributed by atoms with E-state index in [1.807, 2.05) is 57.3 Å². The Morgan fingerprint density at radius 3 is 2.45 bits per heavy atom. The Morgan fingerprint density at radius 2 is 1.80 bits per heavy atom. The van der Waals surface area contributed by atoms with Gasteiger partial charge in [0.2, 0.25) is 0 Å². The minimum absolute atomic E-state index is 0.0589. The molecule has 0 heterocycles. The van der Waals surface area contributed by atoms with Crippen LogP contribution >= 0.6 is 11.6 Å². The van der Waals surface area contributed by atoms with Crippen molar-refractivity contribution < 1.29 is 4.74 Å². The number of rotatable bonds is 5. The Balaban J connectivity index is 2.41. The van der Waals surface area contributed by atoms with Crippen molar-refractivity contribution in [2.24, 2.45) is 0 Å². The SMILES string of the molecule is CNC(c1cccc(Cl)c1)c1ccccc1OC(C)C. The number of nitrogens with one attached hydrogen (secondary N) is 1. The van der Waals surface area contributed by atoms with Crippen LogP contribution in [-0.2, 0) is 0 Å². The Bertz CT molecular complexity index is 568. The molecule has 0 bridgehead atoms. The first-order valence-electron chi connectivity index (χ1n) is 6.80. The van der Waals surface area contributed by atoms with Crippen LogP contribution in [0.5, 0.6) is 5.75 Å². The highest BCUT2D eigenvalue weighted by molar-refractivity contribution is 6.30. The molecule has 0 saturated carbocycles. The summed E-state index contributed by atoms with van der Waals surface area (Å²) in [6.45, 7) is 4.06. The van der Waals surface area contributed by atoms with E-state index in [9.17, 15) is 0 Å². The van der Waals surface area contributed by atoms with E-state index in [4.69, 9.17) is 16.3 Å². The summed E-state index contributed by atoms with van der Waals surface area (Å²) in [4.78, 5) is 0. The smallest absolute Gasteiger partial charge is 0.124 e. The Kier molecular flexibility index (Phi) is 5.05. The average Bonchev–Trinajstić information content (AvgIpc) is 2.41. The summed E-state index contributed by atoms with van der Waals surface area (Å²) in [5.41, 5.74) is 2.24. The largest absolute Gasteiger partial charge is 0.491 e. The lowest BCUT2D eigenvalue weighted by molar-refractivity contribution is 0.238. The van der Waals surface area contributed by atoms with Crippen LogP contribution in [0.1, 0.15) is 31.0 Å². The topological polar surface area (TPSA) is 21.3 Å². The van der Waals surface area contributed by atoms with E-state index in [0.29, 0.717) is 0 Å². The molecule has 2 aromatic carbocycles. The molecule has 0 amide bonds. The monoisotopic (exact) mass is 289 g/mol. The molecule has 0 spiro atoms. The zero-order chi connectivity index (χ0) is 14.5. The first kappa shape index (κ1) is 14.9. The molecule has 1 unspecified atom stereocenters. The van der Waals surface area contributed by atoms with E-state index < -0.39 is 0 Å². The van der Waals surface area contributed by atoms with Crippen molar-refractivity contribution in [1.82, 2.24) is 5.32 Å². The quantitative estimate of drug-likeness (QED) is 0.879. The molecule has 1 N–H and O–H groups in total. The summed E-state index contributed by atoms with van der Waals surface area (Å²) < 4.78 is 5.91. The molecule has 0 fully saturated rings. The van der Waals surface area contributed by atoms with Crippen LogP contribution in [0.15, 0.2) is 48.5 Å². The maximum absolute atomic E-state index is 6.10. The number of para-hydroxylation sites is 1. The van der Waals surface area contributed by atoms with E-state index >= 15 is 0 Å². The molecule has 2 aromatic rings. The fourth-order valence-corrected chi connectivity index (χ4v) is 2.47. The fraction of sp³-hybridized carbons (Fsp3) is 0.294. The summed E-state index contributed by atoms with van der Waals surface area (Å²) in [5, 5.41) is 4.08. The van der Waals surface area contributed by atoms with Crippen molar-refractivity contribution in [3.8, 4) is 5.75 Å². The van der Waals surface area contributed by atoms with Crippen molar-refractivity contribution in [2.75, 3.05) is 7.05 Å². The summed E-state index contributed by atoms with van der Waals surface area (Å²) in [6, 6.07) is 16.1. The molecule has 0 aromatic heterocycles. The second kappa shape index (κ2) is 6.78. The van der Waals surface area contributed by atoms with Crippen LogP contribution in [0.2, 0.25) is 5.02 Å². The Labute approximate surface area is 125 Å². The van der Waals surface area contributed by atoms with E-state index in [2.05, 4.69) is 17.4 Å². The van der Waals surface area contributed by atoms with Gasteiger partial charge in [0.15, 0.2) is 0 Å². The minimum atomic E-state index is 0.0589. The van der Waals surface area contributed by atoms with Gasteiger partial charge >= 0.3 is 0 Å². The lowest BCUT2D eigenvalue weighted by atomic mass is 9.98. The maximum Gasteiger partial charge on any atom is 0.124 e. The van der Waals surface area contributed by atoms with Gasteiger partial charge in [-0.3, -0.25) is 0 Å². The van der Waals surface area contributed by atoms with Gasteiger partial charge in [-0.15, -0.1) is 0 Å². The number of benzene rings is 2. The van der Waals surface area contributed by atoms with Crippen molar-refractivity contribution >= 4 is 11.6 Å². The van der Waals surface area contributed by atoms with Crippen molar-refractivity contribution in [3.05, 3.63) is 64.7 Å². The molecular weight excluding hydrogens is 270 g/mol. The second-order valence-electron chi connectivity index (χ2n) is 4.98. The number of halogens is 1. The summed E-state index contributed by atoms with van der Waals surface area (Å²) in [6.07, 6.45) is 0.146.